The molecule has 1 aromatic heterocycles. The summed E-state index contributed by atoms with van der Waals surface area (Å²) in [6.07, 6.45) is 1.37. The summed E-state index contributed by atoms with van der Waals surface area (Å²) in [4.78, 5) is 23.9. The van der Waals surface area contributed by atoms with Crippen molar-refractivity contribution in [2.24, 2.45) is 0 Å². The topological polar surface area (TPSA) is 71.3 Å². The van der Waals surface area contributed by atoms with E-state index in [1.807, 2.05) is 0 Å². The Kier molecular flexibility index (Phi) is 3.99. The molecule has 4 rings (SSSR count). The SMILES string of the molecule is O=C1C[C@H](c2cccc(F)c2)c2c(c(C(=O)O)cn2-c2cccc(F)c2)N1. The third-order valence-electron chi connectivity index (χ3n) is 4.60. The molecular weight excluding hydrogens is 354 g/mol. The van der Waals surface area contributed by atoms with Gasteiger partial charge in [-0.05, 0) is 35.9 Å². The lowest BCUT2D eigenvalue weighted by Gasteiger charge is -2.26. The van der Waals surface area contributed by atoms with Gasteiger partial charge in [0, 0.05) is 24.2 Å². The summed E-state index contributed by atoms with van der Waals surface area (Å²) < 4.78 is 29.0. The van der Waals surface area contributed by atoms with Crippen molar-refractivity contribution >= 4 is 17.6 Å². The molecule has 2 aromatic carbocycles. The number of aromatic nitrogens is 1. The molecule has 0 spiro atoms. The second-order valence-corrected chi connectivity index (χ2v) is 6.32. The van der Waals surface area contributed by atoms with Gasteiger partial charge in [-0.1, -0.05) is 18.2 Å². The Morgan fingerprint density at radius 2 is 1.81 bits per heavy atom. The fourth-order valence-electron chi connectivity index (χ4n) is 3.47. The summed E-state index contributed by atoms with van der Waals surface area (Å²) in [6.45, 7) is 0. The van der Waals surface area contributed by atoms with Gasteiger partial charge in [0.1, 0.15) is 17.2 Å². The van der Waals surface area contributed by atoms with Crippen LogP contribution in [0.15, 0.2) is 54.7 Å². The van der Waals surface area contributed by atoms with Crippen molar-refractivity contribution < 1.29 is 23.5 Å². The first-order chi connectivity index (χ1) is 12.9. The number of carbonyl (C=O) groups is 2. The van der Waals surface area contributed by atoms with E-state index in [1.54, 1.807) is 12.1 Å². The molecule has 3 aromatic rings. The van der Waals surface area contributed by atoms with Crippen molar-refractivity contribution in [3.05, 3.63) is 83.2 Å². The number of anilines is 1. The zero-order valence-electron chi connectivity index (χ0n) is 13.9. The van der Waals surface area contributed by atoms with E-state index >= 15 is 0 Å². The number of rotatable bonds is 3. The molecule has 0 fully saturated rings. The van der Waals surface area contributed by atoms with E-state index in [-0.39, 0.29) is 23.6 Å². The second-order valence-electron chi connectivity index (χ2n) is 6.32. The van der Waals surface area contributed by atoms with Crippen LogP contribution in [0.2, 0.25) is 0 Å². The molecule has 2 N–H and O–H groups in total. The van der Waals surface area contributed by atoms with Crippen molar-refractivity contribution in [2.75, 3.05) is 5.32 Å². The van der Waals surface area contributed by atoms with Gasteiger partial charge in [-0.15, -0.1) is 0 Å². The van der Waals surface area contributed by atoms with Crippen LogP contribution in [0.25, 0.3) is 5.69 Å². The van der Waals surface area contributed by atoms with Crippen LogP contribution in [0, 0.1) is 11.6 Å². The summed E-state index contributed by atoms with van der Waals surface area (Å²) >= 11 is 0. The fraction of sp³-hybridized carbons (Fsp3) is 0.100. The zero-order valence-corrected chi connectivity index (χ0v) is 13.9. The first kappa shape index (κ1) is 17.0. The molecule has 1 atom stereocenters. The number of carbonyl (C=O) groups excluding carboxylic acids is 1. The minimum Gasteiger partial charge on any atom is -0.478 e. The Labute approximate surface area is 152 Å². The quantitative estimate of drug-likeness (QED) is 0.736. The van der Waals surface area contributed by atoms with Crippen LogP contribution in [0.4, 0.5) is 14.5 Å². The van der Waals surface area contributed by atoms with Crippen LogP contribution in [0.5, 0.6) is 0 Å². The number of halogens is 2. The third kappa shape index (κ3) is 2.97. The highest BCUT2D eigenvalue weighted by atomic mass is 19.1. The monoisotopic (exact) mass is 368 g/mol. The van der Waals surface area contributed by atoms with Gasteiger partial charge in [0.25, 0.3) is 0 Å². The Bertz CT molecular complexity index is 1070. The maximum absolute atomic E-state index is 13.8. The number of nitrogens with zero attached hydrogens (tertiary/aromatic N) is 1. The lowest BCUT2D eigenvalue weighted by atomic mass is 9.88. The molecule has 0 radical (unpaired) electrons. The van der Waals surface area contributed by atoms with Crippen molar-refractivity contribution in [3.63, 3.8) is 0 Å². The predicted octanol–water partition coefficient (Wildman–Crippen LogP) is 3.93. The lowest BCUT2D eigenvalue weighted by Crippen LogP contribution is -2.25. The van der Waals surface area contributed by atoms with E-state index in [2.05, 4.69) is 5.32 Å². The minimum atomic E-state index is -1.22. The minimum absolute atomic E-state index is 0.0227. The molecule has 0 bridgehead atoms. The average Bonchev–Trinajstić information content (AvgIpc) is 3.00. The van der Waals surface area contributed by atoms with Gasteiger partial charge in [0.2, 0.25) is 5.91 Å². The highest BCUT2D eigenvalue weighted by Gasteiger charge is 2.34. The maximum Gasteiger partial charge on any atom is 0.339 e. The first-order valence-corrected chi connectivity index (χ1v) is 8.24. The van der Waals surface area contributed by atoms with Crippen LogP contribution in [0.1, 0.15) is 34.0 Å². The molecule has 0 saturated carbocycles. The van der Waals surface area contributed by atoms with Crippen LogP contribution < -0.4 is 5.32 Å². The largest absolute Gasteiger partial charge is 0.478 e. The smallest absolute Gasteiger partial charge is 0.339 e. The molecule has 7 heteroatoms. The Hall–Kier alpha value is -3.48. The number of nitrogens with one attached hydrogen (secondary N) is 1. The number of amides is 1. The summed E-state index contributed by atoms with van der Waals surface area (Å²) in [7, 11) is 0. The van der Waals surface area contributed by atoms with Gasteiger partial charge >= 0.3 is 5.97 Å². The summed E-state index contributed by atoms with van der Waals surface area (Å²) in [5.41, 5.74) is 1.47. The molecular formula is C20H14F2N2O3. The normalized spacial score (nSPS) is 15.9. The van der Waals surface area contributed by atoms with Crippen molar-refractivity contribution in [1.29, 1.82) is 0 Å². The molecule has 0 aliphatic carbocycles. The van der Waals surface area contributed by atoms with Crippen LogP contribution in [-0.2, 0) is 4.79 Å². The summed E-state index contributed by atoms with van der Waals surface area (Å²) in [6, 6.07) is 11.5. The van der Waals surface area contributed by atoms with Crippen molar-refractivity contribution in [1.82, 2.24) is 4.57 Å². The molecule has 0 unspecified atom stereocenters. The van der Waals surface area contributed by atoms with E-state index < -0.39 is 23.5 Å². The van der Waals surface area contributed by atoms with Crippen molar-refractivity contribution in [2.45, 2.75) is 12.3 Å². The molecule has 1 amide bonds. The van der Waals surface area contributed by atoms with Gasteiger partial charge in [-0.25, -0.2) is 13.6 Å². The van der Waals surface area contributed by atoms with E-state index in [0.29, 0.717) is 16.9 Å². The van der Waals surface area contributed by atoms with E-state index in [9.17, 15) is 23.5 Å². The summed E-state index contributed by atoms with van der Waals surface area (Å²) in [5.74, 6) is -3.09. The maximum atomic E-state index is 13.8. The average molecular weight is 368 g/mol. The standard InChI is InChI=1S/C20H14F2N2O3/c21-12-4-1-3-11(7-12)15-9-17(25)23-18-16(20(26)27)10-24(19(15)18)14-6-2-5-13(22)8-14/h1-8,10,15H,9H2,(H,23,25)(H,26,27)/t15-/m1/s1. The number of carboxylic acids is 1. The van der Waals surface area contributed by atoms with Crippen molar-refractivity contribution in [3.8, 4) is 5.69 Å². The van der Waals surface area contributed by atoms with Gasteiger partial charge in [-0.3, -0.25) is 4.79 Å². The Morgan fingerprint density at radius 3 is 2.48 bits per heavy atom. The number of aromatic carboxylic acids is 1. The number of benzene rings is 2. The van der Waals surface area contributed by atoms with Gasteiger partial charge in [-0.2, -0.15) is 0 Å². The van der Waals surface area contributed by atoms with E-state index in [1.165, 1.54) is 47.2 Å². The molecule has 2 heterocycles. The Balaban J connectivity index is 1.99. The van der Waals surface area contributed by atoms with Crippen LogP contribution in [-0.4, -0.2) is 21.6 Å². The third-order valence-corrected chi connectivity index (χ3v) is 4.60. The van der Waals surface area contributed by atoms with E-state index in [0.717, 1.165) is 0 Å². The summed E-state index contributed by atoms with van der Waals surface area (Å²) in [5, 5.41) is 12.1. The van der Waals surface area contributed by atoms with Gasteiger partial charge < -0.3 is 15.0 Å². The Morgan fingerprint density at radius 1 is 1.11 bits per heavy atom. The number of carboxylic acid groups (broad SMARTS) is 1. The first-order valence-electron chi connectivity index (χ1n) is 8.24. The number of hydrogen-bond acceptors (Lipinski definition) is 2. The molecule has 1 aliphatic rings. The molecule has 27 heavy (non-hydrogen) atoms. The van der Waals surface area contributed by atoms with Crippen LogP contribution >= 0.6 is 0 Å². The lowest BCUT2D eigenvalue weighted by molar-refractivity contribution is -0.116. The second kappa shape index (κ2) is 6.35. The molecule has 1 aliphatic heterocycles. The highest BCUT2D eigenvalue weighted by molar-refractivity contribution is 6.04. The van der Waals surface area contributed by atoms with Crippen LogP contribution in [0.3, 0.4) is 0 Å². The van der Waals surface area contributed by atoms with E-state index in [4.69, 9.17) is 0 Å². The molecule has 5 nitrogen and oxygen atoms in total. The predicted molar refractivity (Wildman–Crippen MR) is 94.2 cm³/mol. The van der Waals surface area contributed by atoms with Gasteiger partial charge in [0.05, 0.1) is 11.4 Å². The number of hydrogen-bond donors (Lipinski definition) is 2. The number of fused-ring (bicyclic) bond motifs is 1. The molecule has 0 saturated heterocycles. The zero-order chi connectivity index (χ0) is 19.1. The fourth-order valence-corrected chi connectivity index (χ4v) is 3.47. The molecule has 136 valence electrons. The highest BCUT2D eigenvalue weighted by Crippen LogP contribution is 2.41. The van der Waals surface area contributed by atoms with Gasteiger partial charge in [0.15, 0.2) is 0 Å².